The Morgan fingerprint density at radius 2 is 2.00 bits per heavy atom. The lowest BCUT2D eigenvalue weighted by Gasteiger charge is -2.16. The van der Waals surface area contributed by atoms with Gasteiger partial charge in [-0.2, -0.15) is 4.98 Å². The van der Waals surface area contributed by atoms with Gasteiger partial charge in [-0.3, -0.25) is 4.79 Å². The van der Waals surface area contributed by atoms with Crippen molar-refractivity contribution in [3.63, 3.8) is 0 Å². The van der Waals surface area contributed by atoms with E-state index in [4.69, 9.17) is 20.9 Å². The Morgan fingerprint density at radius 3 is 2.77 bits per heavy atom. The van der Waals surface area contributed by atoms with Crippen LogP contribution in [0, 0.1) is 0 Å². The number of halogens is 1. The van der Waals surface area contributed by atoms with E-state index in [0.29, 0.717) is 36.1 Å². The first-order valence-corrected chi connectivity index (χ1v) is 9.88. The monoisotopic (exact) mass is 424 g/mol. The Balaban J connectivity index is 1.35. The van der Waals surface area contributed by atoms with Gasteiger partial charge in [0.1, 0.15) is 11.4 Å². The molecule has 4 rings (SSSR count). The molecule has 0 aliphatic heterocycles. The van der Waals surface area contributed by atoms with Gasteiger partial charge in [0.15, 0.2) is 5.82 Å². The number of likely N-dealkylation sites (N-methyl/N-ethyl adjacent to an activating group) is 1. The summed E-state index contributed by atoms with van der Waals surface area (Å²) in [6, 6.07) is 15.0. The van der Waals surface area contributed by atoms with Crippen molar-refractivity contribution >= 4 is 28.4 Å². The lowest BCUT2D eigenvalue weighted by atomic mass is 10.1. The zero-order valence-corrected chi connectivity index (χ0v) is 17.4. The number of hydrogen-bond donors (Lipinski definition) is 1. The van der Waals surface area contributed by atoms with Crippen molar-refractivity contribution in [3.05, 3.63) is 64.9 Å². The molecule has 0 bridgehead atoms. The van der Waals surface area contributed by atoms with Gasteiger partial charge < -0.3 is 19.1 Å². The average molecular weight is 425 g/mol. The van der Waals surface area contributed by atoms with Crippen LogP contribution < -0.4 is 4.74 Å². The second kappa shape index (κ2) is 8.59. The third-order valence-corrected chi connectivity index (χ3v) is 5.13. The SMILES string of the molecule is COc1ccc(CC(=O)N(C)CCc2noc(-c3cc4cc(Cl)ccc4[nH]3)n2)cc1. The van der Waals surface area contributed by atoms with E-state index in [2.05, 4.69) is 15.1 Å². The number of fused-ring (bicyclic) bond motifs is 1. The van der Waals surface area contributed by atoms with Crippen molar-refractivity contribution in [3.8, 4) is 17.3 Å². The summed E-state index contributed by atoms with van der Waals surface area (Å²) >= 11 is 6.04. The highest BCUT2D eigenvalue weighted by Gasteiger charge is 2.14. The molecular formula is C22H21ClN4O3. The summed E-state index contributed by atoms with van der Waals surface area (Å²) in [6.45, 7) is 0.496. The first kappa shape index (κ1) is 20.0. The largest absolute Gasteiger partial charge is 0.497 e. The third kappa shape index (κ3) is 4.46. The topological polar surface area (TPSA) is 84.2 Å². The van der Waals surface area contributed by atoms with Crippen LogP contribution in [0.15, 0.2) is 53.1 Å². The highest BCUT2D eigenvalue weighted by Crippen LogP contribution is 2.25. The van der Waals surface area contributed by atoms with E-state index in [1.807, 2.05) is 48.5 Å². The van der Waals surface area contributed by atoms with Crippen LogP contribution in [0.4, 0.5) is 0 Å². The summed E-state index contributed by atoms with van der Waals surface area (Å²) in [5.41, 5.74) is 2.61. The molecule has 8 heteroatoms. The Kier molecular flexibility index (Phi) is 5.72. The first-order valence-electron chi connectivity index (χ1n) is 9.50. The number of aromatic nitrogens is 3. The number of carbonyl (C=O) groups excluding carboxylic acids is 1. The van der Waals surface area contributed by atoms with Crippen LogP contribution in [-0.2, 0) is 17.6 Å². The molecule has 2 heterocycles. The molecule has 30 heavy (non-hydrogen) atoms. The maximum atomic E-state index is 12.5. The van der Waals surface area contributed by atoms with E-state index in [1.165, 1.54) is 0 Å². The molecule has 0 unspecified atom stereocenters. The molecule has 2 aromatic carbocycles. The Morgan fingerprint density at radius 1 is 1.20 bits per heavy atom. The van der Waals surface area contributed by atoms with Gasteiger partial charge in [0.05, 0.1) is 13.5 Å². The van der Waals surface area contributed by atoms with Gasteiger partial charge in [-0.25, -0.2) is 0 Å². The summed E-state index contributed by atoms with van der Waals surface area (Å²) in [6.07, 6.45) is 0.829. The van der Waals surface area contributed by atoms with Gasteiger partial charge in [0.25, 0.3) is 5.89 Å². The van der Waals surface area contributed by atoms with Crippen LogP contribution in [0.25, 0.3) is 22.5 Å². The van der Waals surface area contributed by atoms with Crippen molar-refractivity contribution in [1.82, 2.24) is 20.0 Å². The summed E-state index contributed by atoms with van der Waals surface area (Å²) in [4.78, 5) is 21.8. The molecule has 1 N–H and O–H groups in total. The molecule has 2 aromatic heterocycles. The number of hydrogen-bond acceptors (Lipinski definition) is 5. The number of ether oxygens (including phenoxy) is 1. The minimum Gasteiger partial charge on any atom is -0.497 e. The fraction of sp³-hybridized carbons (Fsp3) is 0.227. The zero-order chi connectivity index (χ0) is 21.1. The number of aromatic amines is 1. The van der Waals surface area contributed by atoms with Crippen LogP contribution in [0.2, 0.25) is 5.02 Å². The second-order valence-corrected chi connectivity index (χ2v) is 7.46. The maximum Gasteiger partial charge on any atom is 0.274 e. The molecule has 0 aliphatic carbocycles. The number of carbonyl (C=O) groups is 1. The first-order chi connectivity index (χ1) is 14.5. The van der Waals surface area contributed by atoms with Crippen molar-refractivity contribution in [1.29, 1.82) is 0 Å². The number of rotatable bonds is 7. The van der Waals surface area contributed by atoms with E-state index in [9.17, 15) is 4.79 Å². The summed E-state index contributed by atoms with van der Waals surface area (Å²) in [5.74, 6) is 1.75. The molecule has 1 amide bonds. The smallest absolute Gasteiger partial charge is 0.274 e. The summed E-state index contributed by atoms with van der Waals surface area (Å²) in [7, 11) is 3.39. The van der Waals surface area contributed by atoms with E-state index >= 15 is 0 Å². The number of amides is 1. The van der Waals surface area contributed by atoms with Crippen LogP contribution in [-0.4, -0.2) is 46.6 Å². The normalized spacial score (nSPS) is 11.0. The second-order valence-electron chi connectivity index (χ2n) is 7.02. The minimum atomic E-state index is 0.0244. The highest BCUT2D eigenvalue weighted by molar-refractivity contribution is 6.31. The standard InChI is InChI=1S/C22H21ClN4O3/c1-27(21(28)11-14-3-6-17(29-2)7-4-14)10-9-20-25-22(30-26-20)19-13-15-12-16(23)5-8-18(15)24-19/h3-8,12-13,24H,9-11H2,1-2H3. The predicted molar refractivity (Wildman–Crippen MR) is 115 cm³/mol. The lowest BCUT2D eigenvalue weighted by molar-refractivity contribution is -0.129. The quantitative estimate of drug-likeness (QED) is 0.482. The van der Waals surface area contributed by atoms with E-state index in [0.717, 1.165) is 27.9 Å². The molecule has 154 valence electrons. The number of methoxy groups -OCH3 is 1. The molecule has 0 spiro atoms. The van der Waals surface area contributed by atoms with Crippen LogP contribution >= 0.6 is 11.6 Å². The highest BCUT2D eigenvalue weighted by atomic mass is 35.5. The molecule has 0 saturated carbocycles. The summed E-state index contributed by atoms with van der Waals surface area (Å²) < 4.78 is 10.5. The number of benzene rings is 2. The average Bonchev–Trinajstić information content (AvgIpc) is 3.39. The van der Waals surface area contributed by atoms with Crippen LogP contribution in [0.5, 0.6) is 5.75 Å². The fourth-order valence-corrected chi connectivity index (χ4v) is 3.31. The molecule has 0 radical (unpaired) electrons. The molecule has 7 nitrogen and oxygen atoms in total. The van der Waals surface area contributed by atoms with E-state index < -0.39 is 0 Å². The van der Waals surface area contributed by atoms with E-state index in [1.54, 1.807) is 19.1 Å². The maximum absolute atomic E-state index is 12.5. The number of nitrogens with one attached hydrogen (secondary N) is 1. The Labute approximate surface area is 178 Å². The number of nitrogens with zero attached hydrogens (tertiary/aromatic N) is 3. The zero-order valence-electron chi connectivity index (χ0n) is 16.7. The molecule has 0 saturated heterocycles. The summed E-state index contributed by atoms with van der Waals surface area (Å²) in [5, 5.41) is 5.67. The Hall–Kier alpha value is -3.32. The van der Waals surface area contributed by atoms with Crippen molar-refractivity contribution in [2.45, 2.75) is 12.8 Å². The van der Waals surface area contributed by atoms with Crippen molar-refractivity contribution in [2.75, 3.05) is 20.7 Å². The molecule has 4 aromatic rings. The molecule has 0 fully saturated rings. The molecular weight excluding hydrogens is 404 g/mol. The predicted octanol–water partition coefficient (Wildman–Crippen LogP) is 4.12. The van der Waals surface area contributed by atoms with Crippen LogP contribution in [0.1, 0.15) is 11.4 Å². The number of H-pyrrole nitrogens is 1. The Bertz CT molecular complexity index is 1170. The van der Waals surface area contributed by atoms with Gasteiger partial charge >= 0.3 is 0 Å². The fourth-order valence-electron chi connectivity index (χ4n) is 3.13. The van der Waals surface area contributed by atoms with Gasteiger partial charge in [-0.05, 0) is 42.0 Å². The van der Waals surface area contributed by atoms with Crippen LogP contribution in [0.3, 0.4) is 0 Å². The van der Waals surface area contributed by atoms with Crippen molar-refractivity contribution in [2.24, 2.45) is 0 Å². The molecule has 0 atom stereocenters. The van der Waals surface area contributed by atoms with E-state index in [-0.39, 0.29) is 5.91 Å². The van der Waals surface area contributed by atoms with Gasteiger partial charge in [-0.1, -0.05) is 28.9 Å². The molecule has 0 aliphatic rings. The van der Waals surface area contributed by atoms with Gasteiger partial charge in [-0.15, -0.1) is 0 Å². The van der Waals surface area contributed by atoms with Crippen molar-refractivity contribution < 1.29 is 14.1 Å². The third-order valence-electron chi connectivity index (χ3n) is 4.89. The van der Waals surface area contributed by atoms with Gasteiger partial charge in [0, 0.05) is 35.9 Å². The minimum absolute atomic E-state index is 0.0244. The van der Waals surface area contributed by atoms with Gasteiger partial charge in [0.2, 0.25) is 5.91 Å². The lowest BCUT2D eigenvalue weighted by Crippen LogP contribution is -2.30.